The zero-order chi connectivity index (χ0) is 20.1. The van der Waals surface area contributed by atoms with Crippen LogP contribution in [-0.2, 0) is 21.5 Å². The Morgan fingerprint density at radius 1 is 1.00 bits per heavy atom. The summed E-state index contributed by atoms with van der Waals surface area (Å²) in [5, 5.41) is 2.88. The first kappa shape index (κ1) is 25.9. The van der Waals surface area contributed by atoms with E-state index in [1.807, 2.05) is 59.5 Å². The third-order valence-electron chi connectivity index (χ3n) is 5.24. The van der Waals surface area contributed by atoms with Crippen molar-refractivity contribution in [1.82, 2.24) is 9.80 Å². The molecular formula is C22H30Cl2N4O2. The molecule has 2 amide bonds. The van der Waals surface area contributed by atoms with Gasteiger partial charge in [-0.1, -0.05) is 42.5 Å². The van der Waals surface area contributed by atoms with Crippen LogP contribution in [0.1, 0.15) is 18.1 Å². The van der Waals surface area contributed by atoms with Gasteiger partial charge in [0.05, 0.1) is 6.42 Å². The number of anilines is 1. The summed E-state index contributed by atoms with van der Waals surface area (Å²) in [6, 6.07) is 16.7. The average molecular weight is 453 g/mol. The number of nitrogens with one attached hydrogen (secondary N) is 1. The summed E-state index contributed by atoms with van der Waals surface area (Å²) in [5.74, 6) is -0.175. The van der Waals surface area contributed by atoms with Gasteiger partial charge >= 0.3 is 0 Å². The molecule has 1 heterocycles. The Hall–Kier alpha value is -2.12. The highest BCUT2D eigenvalue weighted by Gasteiger charge is 2.30. The lowest BCUT2D eigenvalue weighted by atomic mass is 9.92. The van der Waals surface area contributed by atoms with Crippen LogP contribution in [-0.4, -0.2) is 54.8 Å². The van der Waals surface area contributed by atoms with Crippen LogP contribution < -0.4 is 11.1 Å². The molecule has 2 aromatic carbocycles. The molecule has 1 aliphatic heterocycles. The highest BCUT2D eigenvalue weighted by molar-refractivity contribution is 5.98. The molecule has 0 bridgehead atoms. The number of carbonyl (C=O) groups is 2. The van der Waals surface area contributed by atoms with Crippen molar-refractivity contribution in [2.24, 2.45) is 5.73 Å². The molecule has 1 aliphatic rings. The lowest BCUT2D eigenvalue weighted by Crippen LogP contribution is -2.47. The highest BCUT2D eigenvalue weighted by Crippen LogP contribution is 2.21. The van der Waals surface area contributed by atoms with E-state index in [9.17, 15) is 9.59 Å². The Labute approximate surface area is 190 Å². The van der Waals surface area contributed by atoms with E-state index in [1.54, 1.807) is 6.92 Å². The van der Waals surface area contributed by atoms with E-state index in [2.05, 4.69) is 17.3 Å². The molecule has 164 valence electrons. The van der Waals surface area contributed by atoms with Gasteiger partial charge in [0.2, 0.25) is 11.8 Å². The van der Waals surface area contributed by atoms with E-state index in [0.717, 1.165) is 37.3 Å². The smallest absolute Gasteiger partial charge is 0.248 e. The monoisotopic (exact) mass is 452 g/mol. The molecule has 8 heteroatoms. The van der Waals surface area contributed by atoms with Gasteiger partial charge in [-0.15, -0.1) is 24.8 Å². The van der Waals surface area contributed by atoms with Gasteiger partial charge in [-0.3, -0.25) is 9.59 Å². The number of hydrogen-bond acceptors (Lipinski definition) is 4. The summed E-state index contributed by atoms with van der Waals surface area (Å²) in [5.41, 5.74) is 7.39. The first-order valence-corrected chi connectivity index (χ1v) is 9.57. The highest BCUT2D eigenvalue weighted by atomic mass is 35.5. The molecular weight excluding hydrogens is 423 g/mol. The lowest BCUT2D eigenvalue weighted by molar-refractivity contribution is -0.132. The molecule has 1 unspecified atom stereocenters. The van der Waals surface area contributed by atoms with Crippen LogP contribution in [0.3, 0.4) is 0 Å². The first-order valence-electron chi connectivity index (χ1n) is 9.57. The molecule has 6 nitrogen and oxygen atoms in total. The molecule has 1 atom stereocenters. The van der Waals surface area contributed by atoms with Crippen molar-refractivity contribution in [2.45, 2.75) is 18.9 Å². The minimum atomic E-state index is -1.15. The number of rotatable bonds is 5. The van der Waals surface area contributed by atoms with Gasteiger partial charge in [-0.25, -0.2) is 0 Å². The van der Waals surface area contributed by atoms with E-state index in [-0.39, 0.29) is 36.6 Å². The fourth-order valence-electron chi connectivity index (χ4n) is 3.28. The SMILES string of the molecule is CN1CCN(C(=O)Cc2cccc(NC(=O)C(C)(N)c3ccccc3)c2)CC1.Cl.Cl. The van der Waals surface area contributed by atoms with Crippen LogP contribution >= 0.6 is 24.8 Å². The Bertz CT molecular complexity index is 838. The van der Waals surface area contributed by atoms with Crippen LogP contribution in [0.4, 0.5) is 5.69 Å². The van der Waals surface area contributed by atoms with Crippen molar-refractivity contribution in [3.63, 3.8) is 0 Å². The predicted octanol–water partition coefficient (Wildman–Crippen LogP) is 2.66. The topological polar surface area (TPSA) is 78.7 Å². The number of hydrogen-bond donors (Lipinski definition) is 2. The number of carbonyl (C=O) groups excluding carboxylic acids is 2. The fourth-order valence-corrected chi connectivity index (χ4v) is 3.28. The molecule has 3 N–H and O–H groups in total. The number of amides is 2. The van der Waals surface area contributed by atoms with Crippen molar-refractivity contribution in [1.29, 1.82) is 0 Å². The molecule has 1 saturated heterocycles. The lowest BCUT2D eigenvalue weighted by Gasteiger charge is -2.32. The maximum absolute atomic E-state index is 12.7. The molecule has 0 aromatic heterocycles. The molecule has 0 saturated carbocycles. The predicted molar refractivity (Wildman–Crippen MR) is 125 cm³/mol. The van der Waals surface area contributed by atoms with E-state index in [4.69, 9.17) is 5.73 Å². The normalized spacial score (nSPS) is 15.9. The summed E-state index contributed by atoms with van der Waals surface area (Å²) >= 11 is 0. The van der Waals surface area contributed by atoms with Crippen LogP contribution in [0.5, 0.6) is 0 Å². The number of nitrogens with zero attached hydrogens (tertiary/aromatic N) is 2. The second-order valence-corrected chi connectivity index (χ2v) is 7.58. The van der Waals surface area contributed by atoms with Crippen molar-refractivity contribution in [3.05, 3.63) is 65.7 Å². The first-order chi connectivity index (χ1) is 13.4. The second kappa shape index (κ2) is 11.3. The molecule has 0 radical (unpaired) electrons. The zero-order valence-electron chi connectivity index (χ0n) is 17.3. The largest absolute Gasteiger partial charge is 0.340 e. The standard InChI is InChI=1S/C22H28N4O2.2ClH/c1-22(23,18-8-4-3-5-9-18)21(28)24-19-10-6-7-17(15-19)16-20(27)26-13-11-25(2)12-14-26;;/h3-10,15H,11-14,16,23H2,1-2H3,(H,24,28);2*1H. The maximum atomic E-state index is 12.7. The maximum Gasteiger partial charge on any atom is 0.248 e. The van der Waals surface area contributed by atoms with Crippen LogP contribution in [0.2, 0.25) is 0 Å². The molecule has 0 aliphatic carbocycles. The van der Waals surface area contributed by atoms with Gasteiger partial charge < -0.3 is 20.9 Å². The number of likely N-dealkylation sites (N-methyl/N-ethyl adjacent to an activating group) is 1. The minimum Gasteiger partial charge on any atom is -0.340 e. The molecule has 3 rings (SSSR count). The van der Waals surface area contributed by atoms with E-state index in [0.29, 0.717) is 12.1 Å². The Kier molecular flexibility index (Phi) is 9.78. The number of halogens is 2. The molecule has 2 aromatic rings. The van der Waals surface area contributed by atoms with Gasteiger partial charge in [0.1, 0.15) is 5.54 Å². The van der Waals surface area contributed by atoms with E-state index >= 15 is 0 Å². The van der Waals surface area contributed by atoms with Crippen LogP contribution in [0.25, 0.3) is 0 Å². The third-order valence-corrected chi connectivity index (χ3v) is 5.24. The van der Waals surface area contributed by atoms with Gasteiger partial charge in [0.25, 0.3) is 0 Å². The van der Waals surface area contributed by atoms with E-state index in [1.165, 1.54) is 0 Å². The molecule has 0 spiro atoms. The van der Waals surface area contributed by atoms with Crippen LogP contribution in [0.15, 0.2) is 54.6 Å². The van der Waals surface area contributed by atoms with Crippen molar-refractivity contribution in [3.8, 4) is 0 Å². The van der Waals surface area contributed by atoms with Crippen molar-refractivity contribution < 1.29 is 9.59 Å². The molecule has 1 fully saturated rings. The summed E-state index contributed by atoms with van der Waals surface area (Å²) in [6.07, 6.45) is 0.325. The Morgan fingerprint density at radius 2 is 1.63 bits per heavy atom. The van der Waals surface area contributed by atoms with Gasteiger partial charge in [0.15, 0.2) is 0 Å². The summed E-state index contributed by atoms with van der Waals surface area (Å²) in [7, 11) is 2.06. The number of benzene rings is 2. The summed E-state index contributed by atoms with van der Waals surface area (Å²) in [6.45, 7) is 5.01. The Balaban J connectivity index is 0.00000225. The van der Waals surface area contributed by atoms with Gasteiger partial charge in [0, 0.05) is 31.9 Å². The van der Waals surface area contributed by atoms with Crippen molar-refractivity contribution in [2.75, 3.05) is 38.5 Å². The minimum absolute atomic E-state index is 0. The van der Waals surface area contributed by atoms with Gasteiger partial charge in [-0.05, 0) is 37.2 Å². The summed E-state index contributed by atoms with van der Waals surface area (Å²) in [4.78, 5) is 29.4. The molecule has 30 heavy (non-hydrogen) atoms. The Morgan fingerprint density at radius 3 is 2.27 bits per heavy atom. The van der Waals surface area contributed by atoms with Crippen molar-refractivity contribution >= 4 is 42.3 Å². The number of piperazine rings is 1. The number of nitrogens with two attached hydrogens (primary N) is 1. The van der Waals surface area contributed by atoms with E-state index < -0.39 is 5.54 Å². The summed E-state index contributed by atoms with van der Waals surface area (Å²) < 4.78 is 0. The quantitative estimate of drug-likeness (QED) is 0.730. The average Bonchev–Trinajstić information content (AvgIpc) is 2.69. The fraction of sp³-hybridized carbons (Fsp3) is 0.364. The second-order valence-electron chi connectivity index (χ2n) is 7.58. The van der Waals surface area contributed by atoms with Gasteiger partial charge in [-0.2, -0.15) is 0 Å². The van der Waals surface area contributed by atoms with Crippen LogP contribution in [0, 0.1) is 0 Å². The zero-order valence-corrected chi connectivity index (χ0v) is 19.0. The third kappa shape index (κ3) is 6.44.